The van der Waals surface area contributed by atoms with Gasteiger partial charge in [0.15, 0.2) is 0 Å². The van der Waals surface area contributed by atoms with Gasteiger partial charge in [-0.1, -0.05) is 42.5 Å². The second-order valence-electron chi connectivity index (χ2n) is 7.62. The monoisotopic (exact) mass is 371 g/mol. The van der Waals surface area contributed by atoms with E-state index in [9.17, 15) is 0 Å². The quantitative estimate of drug-likeness (QED) is 0.504. The van der Waals surface area contributed by atoms with Gasteiger partial charge in [0, 0.05) is 59.7 Å². The molecule has 0 aliphatic carbocycles. The summed E-state index contributed by atoms with van der Waals surface area (Å²) >= 11 is 0. The standard InChI is InChI=1S/C24H25N3O/c1-28-24-11-10-18(16-25-24)17-26-14-12-19(13-15-26)27-22-8-4-2-6-20(22)21-7-3-5-9-23(21)27/h2-11,16,19H,12-15,17H2,1H3. The molecule has 4 aromatic rings. The molecule has 0 radical (unpaired) electrons. The van der Waals surface area contributed by atoms with Crippen LogP contribution in [0.2, 0.25) is 0 Å². The number of hydrogen-bond acceptors (Lipinski definition) is 3. The van der Waals surface area contributed by atoms with Crippen LogP contribution in [0, 0.1) is 0 Å². The van der Waals surface area contributed by atoms with Crippen molar-refractivity contribution < 1.29 is 4.74 Å². The van der Waals surface area contributed by atoms with E-state index in [0.29, 0.717) is 11.9 Å². The molecule has 3 heterocycles. The minimum absolute atomic E-state index is 0.551. The fraction of sp³-hybridized carbons (Fsp3) is 0.292. The number of ether oxygens (including phenoxy) is 1. The number of aromatic nitrogens is 2. The molecule has 4 nitrogen and oxygen atoms in total. The number of benzene rings is 2. The number of rotatable bonds is 4. The van der Waals surface area contributed by atoms with Crippen molar-refractivity contribution in [2.45, 2.75) is 25.4 Å². The highest BCUT2D eigenvalue weighted by molar-refractivity contribution is 6.08. The molecule has 142 valence electrons. The van der Waals surface area contributed by atoms with Crippen LogP contribution in [-0.2, 0) is 6.54 Å². The molecule has 28 heavy (non-hydrogen) atoms. The fourth-order valence-corrected chi connectivity index (χ4v) is 4.57. The molecule has 0 amide bonds. The molecule has 0 bridgehead atoms. The van der Waals surface area contributed by atoms with Gasteiger partial charge in [0.25, 0.3) is 0 Å². The zero-order valence-electron chi connectivity index (χ0n) is 16.2. The van der Waals surface area contributed by atoms with Crippen LogP contribution in [0.1, 0.15) is 24.4 Å². The number of pyridine rings is 1. The number of nitrogens with zero attached hydrogens (tertiary/aromatic N) is 3. The van der Waals surface area contributed by atoms with Gasteiger partial charge >= 0.3 is 0 Å². The Bertz CT molecular complexity index is 1040. The van der Waals surface area contributed by atoms with Crippen LogP contribution >= 0.6 is 0 Å². The summed E-state index contributed by atoms with van der Waals surface area (Å²) in [6, 6.07) is 22.2. The molecule has 5 rings (SSSR count). The third-order valence-electron chi connectivity index (χ3n) is 5.95. The molecular weight excluding hydrogens is 346 g/mol. The van der Waals surface area contributed by atoms with E-state index in [1.165, 1.54) is 40.2 Å². The summed E-state index contributed by atoms with van der Waals surface area (Å²) in [5.74, 6) is 0.675. The summed E-state index contributed by atoms with van der Waals surface area (Å²) < 4.78 is 7.74. The maximum absolute atomic E-state index is 5.16. The van der Waals surface area contributed by atoms with Gasteiger partial charge in [0.1, 0.15) is 0 Å². The molecule has 1 saturated heterocycles. The second-order valence-corrected chi connectivity index (χ2v) is 7.62. The van der Waals surface area contributed by atoms with Gasteiger partial charge in [-0.2, -0.15) is 0 Å². The number of fused-ring (bicyclic) bond motifs is 3. The predicted octanol–water partition coefficient (Wildman–Crippen LogP) is 5.04. The van der Waals surface area contributed by atoms with Crippen molar-refractivity contribution in [2.75, 3.05) is 20.2 Å². The van der Waals surface area contributed by atoms with Crippen LogP contribution in [0.15, 0.2) is 66.9 Å². The van der Waals surface area contributed by atoms with Gasteiger partial charge in [-0.25, -0.2) is 4.98 Å². The van der Waals surface area contributed by atoms with Crippen molar-refractivity contribution in [2.24, 2.45) is 0 Å². The van der Waals surface area contributed by atoms with E-state index in [1.54, 1.807) is 7.11 Å². The van der Waals surface area contributed by atoms with Crippen molar-refractivity contribution in [3.8, 4) is 5.88 Å². The van der Waals surface area contributed by atoms with Crippen LogP contribution in [0.3, 0.4) is 0 Å². The first-order valence-electron chi connectivity index (χ1n) is 10.0. The maximum Gasteiger partial charge on any atom is 0.212 e. The Labute approximate surface area is 165 Å². The Morgan fingerprint density at radius 1 is 0.893 bits per heavy atom. The Kier molecular flexibility index (Phi) is 4.49. The van der Waals surface area contributed by atoms with Crippen LogP contribution in [0.4, 0.5) is 0 Å². The molecule has 0 N–H and O–H groups in total. The molecular formula is C24H25N3O. The predicted molar refractivity (Wildman–Crippen MR) is 114 cm³/mol. The van der Waals surface area contributed by atoms with Crippen molar-refractivity contribution in [3.05, 3.63) is 72.4 Å². The third kappa shape index (κ3) is 3.04. The smallest absolute Gasteiger partial charge is 0.212 e. The highest BCUT2D eigenvalue weighted by Gasteiger charge is 2.23. The molecule has 2 aromatic carbocycles. The SMILES string of the molecule is COc1ccc(CN2CCC(n3c4ccccc4c4ccccc43)CC2)cn1. The lowest BCUT2D eigenvalue weighted by atomic mass is 10.0. The molecule has 4 heteroatoms. The van der Waals surface area contributed by atoms with Gasteiger partial charge in [0.05, 0.1) is 7.11 Å². The number of piperidine rings is 1. The molecule has 0 unspecified atom stereocenters. The highest BCUT2D eigenvalue weighted by atomic mass is 16.5. The number of hydrogen-bond donors (Lipinski definition) is 0. The van der Waals surface area contributed by atoms with Crippen molar-refractivity contribution >= 4 is 21.8 Å². The van der Waals surface area contributed by atoms with E-state index in [4.69, 9.17) is 4.74 Å². The summed E-state index contributed by atoms with van der Waals surface area (Å²) in [6.07, 6.45) is 4.27. The second kappa shape index (κ2) is 7.28. The number of methoxy groups -OCH3 is 1. The normalized spacial score (nSPS) is 16.0. The van der Waals surface area contributed by atoms with Gasteiger partial charge in [-0.3, -0.25) is 4.90 Å². The maximum atomic E-state index is 5.16. The van der Waals surface area contributed by atoms with E-state index in [-0.39, 0.29) is 0 Å². The van der Waals surface area contributed by atoms with Gasteiger partial charge in [-0.15, -0.1) is 0 Å². The topological polar surface area (TPSA) is 30.3 Å². The molecule has 1 aliphatic rings. The van der Waals surface area contributed by atoms with Gasteiger partial charge < -0.3 is 9.30 Å². The summed E-state index contributed by atoms with van der Waals surface area (Å²) in [7, 11) is 1.65. The average molecular weight is 371 g/mol. The zero-order chi connectivity index (χ0) is 18.9. The van der Waals surface area contributed by atoms with E-state index in [0.717, 1.165) is 19.6 Å². The molecule has 0 saturated carbocycles. The van der Waals surface area contributed by atoms with Crippen LogP contribution < -0.4 is 4.74 Å². The lowest BCUT2D eigenvalue weighted by molar-refractivity contribution is 0.183. The van der Waals surface area contributed by atoms with E-state index >= 15 is 0 Å². The van der Waals surface area contributed by atoms with Crippen molar-refractivity contribution in [3.63, 3.8) is 0 Å². The lowest BCUT2D eigenvalue weighted by Crippen LogP contribution is -2.34. The van der Waals surface area contributed by atoms with Crippen molar-refractivity contribution in [1.82, 2.24) is 14.5 Å². The Morgan fingerprint density at radius 2 is 1.54 bits per heavy atom. The average Bonchev–Trinajstić information content (AvgIpc) is 3.09. The van der Waals surface area contributed by atoms with E-state index in [2.05, 4.69) is 69.0 Å². The van der Waals surface area contributed by atoms with Crippen molar-refractivity contribution in [1.29, 1.82) is 0 Å². The van der Waals surface area contributed by atoms with Gasteiger partial charge in [-0.05, 0) is 30.5 Å². The minimum Gasteiger partial charge on any atom is -0.481 e. The zero-order valence-corrected chi connectivity index (χ0v) is 16.2. The molecule has 0 spiro atoms. The highest BCUT2D eigenvalue weighted by Crippen LogP contribution is 2.35. The third-order valence-corrected chi connectivity index (χ3v) is 5.95. The Morgan fingerprint density at radius 3 is 2.11 bits per heavy atom. The first-order chi connectivity index (χ1) is 13.8. The first kappa shape index (κ1) is 17.3. The number of likely N-dealkylation sites (tertiary alicyclic amines) is 1. The molecule has 2 aromatic heterocycles. The van der Waals surface area contributed by atoms with Crippen LogP contribution in [0.5, 0.6) is 5.88 Å². The van der Waals surface area contributed by atoms with Crippen LogP contribution in [0.25, 0.3) is 21.8 Å². The summed E-state index contributed by atoms with van der Waals surface area (Å²) in [6.45, 7) is 3.17. The first-order valence-corrected chi connectivity index (χ1v) is 10.0. The molecule has 0 atom stereocenters. The number of para-hydroxylation sites is 2. The van der Waals surface area contributed by atoms with Gasteiger partial charge in [0.2, 0.25) is 5.88 Å². The molecule has 1 aliphatic heterocycles. The fourth-order valence-electron chi connectivity index (χ4n) is 4.57. The largest absolute Gasteiger partial charge is 0.481 e. The van der Waals surface area contributed by atoms with E-state index in [1.807, 2.05) is 12.3 Å². The van der Waals surface area contributed by atoms with Crippen LogP contribution in [-0.4, -0.2) is 34.7 Å². The Hall–Kier alpha value is -2.85. The summed E-state index contributed by atoms with van der Waals surface area (Å²) in [5.41, 5.74) is 3.97. The lowest BCUT2D eigenvalue weighted by Gasteiger charge is -2.33. The summed E-state index contributed by atoms with van der Waals surface area (Å²) in [4.78, 5) is 6.87. The minimum atomic E-state index is 0.551. The van der Waals surface area contributed by atoms with E-state index < -0.39 is 0 Å². The molecule has 1 fully saturated rings. The summed E-state index contributed by atoms with van der Waals surface area (Å²) in [5, 5.41) is 2.73. The Balaban J connectivity index is 1.36.